The zero-order valence-corrected chi connectivity index (χ0v) is 11.6. The number of amides is 1. The Bertz CT molecular complexity index is 708. The highest BCUT2D eigenvalue weighted by atomic mass is 32.2. The lowest BCUT2D eigenvalue weighted by molar-refractivity contribution is -0.130. The van der Waals surface area contributed by atoms with E-state index in [0.717, 1.165) is 10.6 Å². The van der Waals surface area contributed by atoms with Crippen LogP contribution in [0.15, 0.2) is 34.3 Å². The van der Waals surface area contributed by atoms with Crippen molar-refractivity contribution in [1.29, 1.82) is 0 Å². The molecular formula is C12H12N2O6S. The molecule has 0 radical (unpaired) electrons. The van der Waals surface area contributed by atoms with Gasteiger partial charge in [0.15, 0.2) is 5.71 Å². The van der Waals surface area contributed by atoms with Crippen molar-refractivity contribution in [3.63, 3.8) is 0 Å². The molecule has 0 saturated heterocycles. The molecule has 0 bridgehead atoms. The standard InChI is InChI=1S/C12H12N2O6S/c15-11-7-10(12(16)17)13-14(11)6-5-8-1-3-9(4-2-8)21(18,19)20/h1-4H,5-7H2,(H,16,17)(H,18,19,20). The van der Waals surface area contributed by atoms with E-state index in [2.05, 4.69) is 5.10 Å². The molecule has 0 saturated carbocycles. The molecule has 0 spiro atoms. The first-order valence-corrected chi connectivity index (χ1v) is 7.39. The predicted octanol–water partition coefficient (Wildman–Crippen LogP) is 0.149. The van der Waals surface area contributed by atoms with Gasteiger partial charge in [0.2, 0.25) is 5.91 Å². The summed E-state index contributed by atoms with van der Waals surface area (Å²) < 4.78 is 30.6. The topological polar surface area (TPSA) is 124 Å². The molecule has 1 amide bonds. The Kier molecular flexibility index (Phi) is 4.05. The third-order valence-electron chi connectivity index (χ3n) is 2.93. The van der Waals surface area contributed by atoms with Gasteiger partial charge in [0.05, 0.1) is 11.3 Å². The van der Waals surface area contributed by atoms with E-state index in [1.807, 2.05) is 0 Å². The Hall–Kier alpha value is -2.26. The summed E-state index contributed by atoms with van der Waals surface area (Å²) in [6.07, 6.45) is 0.158. The molecule has 0 fully saturated rings. The number of carboxylic acid groups (broad SMARTS) is 1. The molecule has 1 aromatic rings. The Balaban J connectivity index is 2.01. The first kappa shape index (κ1) is 15.1. The number of aliphatic carboxylic acids is 1. The number of hydrogen-bond acceptors (Lipinski definition) is 5. The normalized spacial score (nSPS) is 15.2. The van der Waals surface area contributed by atoms with Gasteiger partial charge in [-0.2, -0.15) is 13.5 Å². The van der Waals surface area contributed by atoms with Gasteiger partial charge < -0.3 is 5.11 Å². The quantitative estimate of drug-likeness (QED) is 0.746. The van der Waals surface area contributed by atoms with Crippen LogP contribution in [0.1, 0.15) is 12.0 Å². The molecule has 0 unspecified atom stereocenters. The van der Waals surface area contributed by atoms with Gasteiger partial charge >= 0.3 is 5.97 Å². The van der Waals surface area contributed by atoms with E-state index in [0.29, 0.717) is 6.42 Å². The fourth-order valence-electron chi connectivity index (χ4n) is 1.83. The van der Waals surface area contributed by atoms with Crippen LogP contribution < -0.4 is 0 Å². The van der Waals surface area contributed by atoms with Gasteiger partial charge in [-0.15, -0.1) is 0 Å². The lowest BCUT2D eigenvalue weighted by atomic mass is 10.1. The third kappa shape index (κ3) is 3.64. The molecule has 8 nitrogen and oxygen atoms in total. The minimum Gasteiger partial charge on any atom is -0.477 e. The van der Waals surface area contributed by atoms with Gasteiger partial charge in [0.25, 0.3) is 10.1 Å². The SMILES string of the molecule is O=C(O)C1=NN(CCc2ccc(S(=O)(=O)O)cc2)C(=O)C1. The van der Waals surface area contributed by atoms with Crippen LogP contribution in [-0.4, -0.2) is 47.2 Å². The summed E-state index contributed by atoms with van der Waals surface area (Å²) in [5.41, 5.74) is 0.538. The highest BCUT2D eigenvalue weighted by Crippen LogP contribution is 2.13. The number of carboxylic acids is 1. The molecule has 21 heavy (non-hydrogen) atoms. The molecule has 1 aromatic carbocycles. The second-order valence-corrected chi connectivity index (χ2v) is 5.84. The minimum atomic E-state index is -4.23. The van der Waals surface area contributed by atoms with Crippen LogP contribution in [0.5, 0.6) is 0 Å². The maximum Gasteiger partial charge on any atom is 0.352 e. The molecular weight excluding hydrogens is 300 g/mol. The van der Waals surface area contributed by atoms with Crippen LogP contribution in [0.25, 0.3) is 0 Å². The van der Waals surface area contributed by atoms with Gasteiger partial charge in [0.1, 0.15) is 0 Å². The smallest absolute Gasteiger partial charge is 0.352 e. The van der Waals surface area contributed by atoms with E-state index in [-0.39, 0.29) is 29.5 Å². The lowest BCUT2D eigenvalue weighted by Gasteiger charge is -2.11. The number of carbonyl (C=O) groups is 2. The van der Waals surface area contributed by atoms with Crippen molar-refractivity contribution in [2.45, 2.75) is 17.7 Å². The van der Waals surface area contributed by atoms with Crippen LogP contribution in [0, 0.1) is 0 Å². The highest BCUT2D eigenvalue weighted by molar-refractivity contribution is 7.85. The molecule has 0 aromatic heterocycles. The summed E-state index contributed by atoms with van der Waals surface area (Å²) in [6, 6.07) is 5.52. The summed E-state index contributed by atoms with van der Waals surface area (Å²) in [5.74, 6) is -1.61. The van der Waals surface area contributed by atoms with Crippen molar-refractivity contribution in [2.75, 3.05) is 6.54 Å². The number of hydrazone groups is 1. The Morgan fingerprint density at radius 2 is 1.90 bits per heavy atom. The van der Waals surface area contributed by atoms with Crippen LogP contribution in [-0.2, 0) is 26.1 Å². The molecule has 1 aliphatic rings. The van der Waals surface area contributed by atoms with E-state index in [1.165, 1.54) is 24.3 Å². The molecule has 0 atom stereocenters. The number of benzene rings is 1. The second-order valence-electron chi connectivity index (χ2n) is 4.41. The number of carbonyl (C=O) groups excluding carboxylic acids is 1. The zero-order chi connectivity index (χ0) is 15.6. The molecule has 112 valence electrons. The summed E-state index contributed by atoms with van der Waals surface area (Å²) in [4.78, 5) is 22.0. The summed E-state index contributed by atoms with van der Waals surface area (Å²) >= 11 is 0. The monoisotopic (exact) mass is 312 g/mol. The highest BCUT2D eigenvalue weighted by Gasteiger charge is 2.27. The van der Waals surface area contributed by atoms with Crippen LogP contribution in [0.3, 0.4) is 0 Å². The van der Waals surface area contributed by atoms with E-state index in [1.54, 1.807) is 0 Å². The van der Waals surface area contributed by atoms with Gasteiger partial charge in [-0.05, 0) is 24.1 Å². The van der Waals surface area contributed by atoms with Gasteiger partial charge in [-0.1, -0.05) is 12.1 Å². The molecule has 2 rings (SSSR count). The lowest BCUT2D eigenvalue weighted by Crippen LogP contribution is -2.23. The molecule has 2 N–H and O–H groups in total. The maximum atomic E-state index is 11.5. The summed E-state index contributed by atoms with van der Waals surface area (Å²) in [7, 11) is -4.23. The van der Waals surface area contributed by atoms with Crippen LogP contribution >= 0.6 is 0 Å². The van der Waals surface area contributed by atoms with Gasteiger partial charge in [-0.3, -0.25) is 9.35 Å². The van der Waals surface area contributed by atoms with Crippen molar-refractivity contribution in [3.8, 4) is 0 Å². The molecule has 1 aliphatic heterocycles. The first-order chi connectivity index (χ1) is 9.77. The van der Waals surface area contributed by atoms with Crippen molar-refractivity contribution in [1.82, 2.24) is 5.01 Å². The molecule has 0 aliphatic carbocycles. The second kappa shape index (κ2) is 5.62. The van der Waals surface area contributed by atoms with Gasteiger partial charge in [-0.25, -0.2) is 9.80 Å². The van der Waals surface area contributed by atoms with Crippen LogP contribution in [0.4, 0.5) is 0 Å². The minimum absolute atomic E-state index is 0.193. The number of rotatable bonds is 5. The van der Waals surface area contributed by atoms with E-state index in [4.69, 9.17) is 9.66 Å². The third-order valence-corrected chi connectivity index (χ3v) is 3.80. The number of nitrogens with zero attached hydrogens (tertiary/aromatic N) is 2. The Morgan fingerprint density at radius 3 is 2.38 bits per heavy atom. The van der Waals surface area contributed by atoms with E-state index >= 15 is 0 Å². The molecule has 1 heterocycles. The summed E-state index contributed by atoms with van der Waals surface area (Å²) in [6.45, 7) is 0.195. The van der Waals surface area contributed by atoms with E-state index < -0.39 is 16.1 Å². The average molecular weight is 312 g/mol. The predicted molar refractivity (Wildman–Crippen MR) is 71.4 cm³/mol. The van der Waals surface area contributed by atoms with Crippen molar-refractivity contribution in [2.24, 2.45) is 5.10 Å². The zero-order valence-electron chi connectivity index (χ0n) is 10.8. The largest absolute Gasteiger partial charge is 0.477 e. The summed E-state index contributed by atoms with van der Waals surface area (Å²) in [5, 5.41) is 13.5. The van der Waals surface area contributed by atoms with Gasteiger partial charge in [0, 0.05) is 6.54 Å². The van der Waals surface area contributed by atoms with Crippen molar-refractivity contribution in [3.05, 3.63) is 29.8 Å². The fourth-order valence-corrected chi connectivity index (χ4v) is 2.31. The number of hydrogen-bond donors (Lipinski definition) is 2. The Labute approximate surface area is 120 Å². The Morgan fingerprint density at radius 1 is 1.29 bits per heavy atom. The maximum absolute atomic E-state index is 11.5. The fraction of sp³-hybridized carbons (Fsp3) is 0.250. The molecule has 9 heteroatoms. The van der Waals surface area contributed by atoms with Crippen LogP contribution in [0.2, 0.25) is 0 Å². The first-order valence-electron chi connectivity index (χ1n) is 5.95. The van der Waals surface area contributed by atoms with E-state index in [9.17, 15) is 18.0 Å². The van der Waals surface area contributed by atoms with Crippen molar-refractivity contribution < 1.29 is 27.7 Å². The average Bonchev–Trinajstić information content (AvgIpc) is 2.77. The van der Waals surface area contributed by atoms with Crippen molar-refractivity contribution >= 4 is 27.7 Å².